The standard InChI is InChI=1S/C18H23N5O2S/c1-5-9-23-12-19-21-18(23)26-11-16(25)22(4)10-15(24)20-17-13(2)7-6-8-14(17)3/h5-8,12H,1,9-11H2,2-4H3,(H,20,24). The van der Waals surface area contributed by atoms with Crippen molar-refractivity contribution in [1.82, 2.24) is 19.7 Å². The molecule has 7 nitrogen and oxygen atoms in total. The lowest BCUT2D eigenvalue weighted by molar-refractivity contribution is -0.131. The maximum atomic E-state index is 12.3. The van der Waals surface area contributed by atoms with Crippen LogP contribution < -0.4 is 5.32 Å². The highest BCUT2D eigenvalue weighted by molar-refractivity contribution is 7.99. The second-order valence-electron chi connectivity index (χ2n) is 5.91. The first-order chi connectivity index (χ1) is 12.4. The Kier molecular flexibility index (Phi) is 6.97. The van der Waals surface area contributed by atoms with Crippen molar-refractivity contribution in [1.29, 1.82) is 0 Å². The number of likely N-dealkylation sites (N-methyl/N-ethyl adjacent to an activating group) is 1. The number of aryl methyl sites for hydroxylation is 2. The molecule has 0 unspecified atom stereocenters. The number of carbonyl (C=O) groups excluding carboxylic acids is 2. The van der Waals surface area contributed by atoms with E-state index >= 15 is 0 Å². The second kappa shape index (κ2) is 9.19. The van der Waals surface area contributed by atoms with Crippen molar-refractivity contribution in [2.75, 3.05) is 24.7 Å². The normalized spacial score (nSPS) is 10.4. The van der Waals surface area contributed by atoms with Gasteiger partial charge >= 0.3 is 0 Å². The zero-order valence-corrected chi connectivity index (χ0v) is 16.0. The number of hydrogen-bond donors (Lipinski definition) is 1. The average Bonchev–Trinajstić information content (AvgIpc) is 3.03. The van der Waals surface area contributed by atoms with Crippen LogP contribution in [0, 0.1) is 13.8 Å². The summed E-state index contributed by atoms with van der Waals surface area (Å²) in [4.78, 5) is 25.9. The van der Waals surface area contributed by atoms with Crippen LogP contribution >= 0.6 is 11.8 Å². The molecular formula is C18H23N5O2S. The van der Waals surface area contributed by atoms with E-state index in [2.05, 4.69) is 22.1 Å². The Morgan fingerprint density at radius 1 is 1.35 bits per heavy atom. The van der Waals surface area contributed by atoms with E-state index in [1.807, 2.05) is 32.0 Å². The van der Waals surface area contributed by atoms with Crippen LogP contribution in [-0.2, 0) is 16.1 Å². The number of aromatic nitrogens is 3. The zero-order chi connectivity index (χ0) is 19.1. The van der Waals surface area contributed by atoms with E-state index in [4.69, 9.17) is 0 Å². The van der Waals surface area contributed by atoms with Crippen molar-refractivity contribution in [3.8, 4) is 0 Å². The molecule has 0 aliphatic rings. The minimum Gasteiger partial charge on any atom is -0.336 e. The van der Waals surface area contributed by atoms with Gasteiger partial charge < -0.3 is 14.8 Å². The van der Waals surface area contributed by atoms with Crippen molar-refractivity contribution in [3.05, 3.63) is 48.3 Å². The molecule has 1 heterocycles. The Morgan fingerprint density at radius 3 is 2.69 bits per heavy atom. The van der Waals surface area contributed by atoms with Crippen LogP contribution in [0.15, 0.2) is 42.3 Å². The molecule has 2 rings (SSSR count). The number of hydrogen-bond acceptors (Lipinski definition) is 5. The van der Waals surface area contributed by atoms with E-state index in [9.17, 15) is 9.59 Å². The van der Waals surface area contributed by atoms with Crippen molar-refractivity contribution in [2.45, 2.75) is 25.5 Å². The molecule has 0 saturated heterocycles. The van der Waals surface area contributed by atoms with Crippen LogP contribution in [0.3, 0.4) is 0 Å². The van der Waals surface area contributed by atoms with Gasteiger partial charge in [0.25, 0.3) is 0 Å². The molecule has 0 aliphatic carbocycles. The molecule has 0 fully saturated rings. The molecule has 1 N–H and O–H groups in total. The van der Waals surface area contributed by atoms with Gasteiger partial charge in [-0.15, -0.1) is 16.8 Å². The lowest BCUT2D eigenvalue weighted by Gasteiger charge is -2.18. The first-order valence-corrected chi connectivity index (χ1v) is 9.12. The Hall–Kier alpha value is -2.61. The van der Waals surface area contributed by atoms with Gasteiger partial charge in [0.15, 0.2) is 5.16 Å². The summed E-state index contributed by atoms with van der Waals surface area (Å²) in [6.07, 6.45) is 3.33. The molecule has 2 amide bonds. The molecule has 138 valence electrons. The van der Waals surface area contributed by atoms with Gasteiger partial charge in [0.2, 0.25) is 11.8 Å². The highest BCUT2D eigenvalue weighted by Gasteiger charge is 2.16. The Labute approximate surface area is 157 Å². The third kappa shape index (κ3) is 5.19. The number of anilines is 1. The fourth-order valence-electron chi connectivity index (χ4n) is 2.35. The lowest BCUT2D eigenvalue weighted by Crippen LogP contribution is -2.36. The van der Waals surface area contributed by atoms with Crippen molar-refractivity contribution in [2.24, 2.45) is 0 Å². The molecule has 8 heteroatoms. The minimum absolute atomic E-state index is 0.00742. The number of para-hydroxylation sites is 1. The Morgan fingerprint density at radius 2 is 2.04 bits per heavy atom. The van der Waals surface area contributed by atoms with E-state index in [-0.39, 0.29) is 24.1 Å². The molecule has 0 aliphatic heterocycles. The van der Waals surface area contributed by atoms with Crippen LogP contribution in [0.4, 0.5) is 5.69 Å². The maximum Gasteiger partial charge on any atom is 0.243 e. The minimum atomic E-state index is -0.224. The Bertz CT molecular complexity index is 782. The van der Waals surface area contributed by atoms with Crippen LogP contribution in [0.2, 0.25) is 0 Å². The summed E-state index contributed by atoms with van der Waals surface area (Å²) in [6.45, 7) is 8.12. The SMILES string of the molecule is C=CCn1cnnc1SCC(=O)N(C)CC(=O)Nc1c(C)cccc1C. The summed E-state index contributed by atoms with van der Waals surface area (Å²) in [5, 5.41) is 11.3. The number of carbonyl (C=O) groups is 2. The molecule has 0 radical (unpaired) electrons. The van der Waals surface area contributed by atoms with Gasteiger partial charge in [-0.3, -0.25) is 9.59 Å². The molecule has 0 bridgehead atoms. The van der Waals surface area contributed by atoms with Gasteiger partial charge in [-0.1, -0.05) is 36.0 Å². The van der Waals surface area contributed by atoms with Gasteiger partial charge in [0.1, 0.15) is 6.33 Å². The number of nitrogens with one attached hydrogen (secondary N) is 1. The molecular weight excluding hydrogens is 350 g/mol. The van der Waals surface area contributed by atoms with Gasteiger partial charge in [0.05, 0.1) is 12.3 Å². The van der Waals surface area contributed by atoms with Crippen molar-refractivity contribution >= 4 is 29.3 Å². The fraction of sp³-hybridized carbons (Fsp3) is 0.333. The van der Waals surface area contributed by atoms with E-state index in [1.165, 1.54) is 16.7 Å². The molecule has 1 aromatic carbocycles. The van der Waals surface area contributed by atoms with Crippen LogP contribution in [0.25, 0.3) is 0 Å². The summed E-state index contributed by atoms with van der Waals surface area (Å²) in [7, 11) is 1.61. The first-order valence-electron chi connectivity index (χ1n) is 8.14. The number of benzene rings is 1. The molecule has 2 aromatic rings. The lowest BCUT2D eigenvalue weighted by atomic mass is 10.1. The fourth-order valence-corrected chi connectivity index (χ4v) is 3.22. The summed E-state index contributed by atoms with van der Waals surface area (Å²) in [6, 6.07) is 5.82. The summed E-state index contributed by atoms with van der Waals surface area (Å²) < 4.78 is 1.80. The van der Waals surface area contributed by atoms with E-state index in [0.717, 1.165) is 16.8 Å². The second-order valence-corrected chi connectivity index (χ2v) is 6.85. The molecule has 0 spiro atoms. The molecule has 0 atom stereocenters. The maximum absolute atomic E-state index is 12.3. The summed E-state index contributed by atoms with van der Waals surface area (Å²) in [5.41, 5.74) is 2.78. The predicted molar refractivity (Wildman–Crippen MR) is 103 cm³/mol. The third-order valence-electron chi connectivity index (χ3n) is 3.78. The average molecular weight is 373 g/mol. The number of thioether (sulfide) groups is 1. The van der Waals surface area contributed by atoms with Crippen LogP contribution in [-0.4, -0.2) is 50.8 Å². The van der Waals surface area contributed by atoms with Crippen molar-refractivity contribution < 1.29 is 9.59 Å². The highest BCUT2D eigenvalue weighted by Crippen LogP contribution is 2.19. The first kappa shape index (κ1) is 19.7. The monoisotopic (exact) mass is 373 g/mol. The van der Waals surface area contributed by atoms with E-state index < -0.39 is 0 Å². The molecule has 0 saturated carbocycles. The van der Waals surface area contributed by atoms with Crippen LogP contribution in [0.5, 0.6) is 0 Å². The number of nitrogens with zero attached hydrogens (tertiary/aromatic N) is 4. The molecule has 26 heavy (non-hydrogen) atoms. The van der Waals surface area contributed by atoms with Gasteiger partial charge in [-0.05, 0) is 25.0 Å². The van der Waals surface area contributed by atoms with Gasteiger partial charge in [-0.25, -0.2) is 0 Å². The largest absolute Gasteiger partial charge is 0.336 e. The zero-order valence-electron chi connectivity index (χ0n) is 15.2. The van der Waals surface area contributed by atoms with E-state index in [1.54, 1.807) is 24.0 Å². The highest BCUT2D eigenvalue weighted by atomic mass is 32.2. The van der Waals surface area contributed by atoms with Gasteiger partial charge in [0, 0.05) is 19.3 Å². The quantitative estimate of drug-likeness (QED) is 0.567. The predicted octanol–water partition coefficient (Wildman–Crippen LogP) is 2.27. The Balaban J connectivity index is 1.87. The summed E-state index contributed by atoms with van der Waals surface area (Å²) >= 11 is 1.28. The molecule has 1 aromatic heterocycles. The van der Waals surface area contributed by atoms with Gasteiger partial charge in [-0.2, -0.15) is 0 Å². The number of amides is 2. The number of allylic oxidation sites excluding steroid dienone is 1. The topological polar surface area (TPSA) is 80.1 Å². The number of rotatable bonds is 8. The third-order valence-corrected chi connectivity index (χ3v) is 4.75. The van der Waals surface area contributed by atoms with E-state index in [0.29, 0.717) is 11.7 Å². The smallest absolute Gasteiger partial charge is 0.243 e. The van der Waals surface area contributed by atoms with Crippen molar-refractivity contribution in [3.63, 3.8) is 0 Å². The van der Waals surface area contributed by atoms with Crippen LogP contribution in [0.1, 0.15) is 11.1 Å². The summed E-state index contributed by atoms with van der Waals surface area (Å²) in [5.74, 6) is -0.193.